The average Bonchev–Trinajstić information content (AvgIpc) is 3.39. The summed E-state index contributed by atoms with van der Waals surface area (Å²) in [5, 5.41) is 0. The molecule has 406 valence electrons. The Kier molecular flexibility index (Phi) is 55.1. The molecule has 0 N–H and O–H groups in total. The molecule has 0 spiro atoms. The molecule has 0 aliphatic heterocycles. The summed E-state index contributed by atoms with van der Waals surface area (Å²) in [6.07, 6.45) is 88.0. The largest absolute Gasteiger partial charge is 0.462 e. The molecule has 0 aliphatic carbocycles. The highest BCUT2D eigenvalue weighted by molar-refractivity contribution is 5.71. The predicted molar refractivity (Wildman–Crippen MR) is 315 cm³/mol. The fourth-order valence-electron chi connectivity index (χ4n) is 6.98. The van der Waals surface area contributed by atoms with E-state index in [4.69, 9.17) is 14.2 Å². The molecule has 6 heteroatoms. The fourth-order valence-corrected chi connectivity index (χ4v) is 6.98. The van der Waals surface area contributed by atoms with Gasteiger partial charge in [0.15, 0.2) is 6.10 Å². The quantitative estimate of drug-likeness (QED) is 0.0261. The summed E-state index contributed by atoms with van der Waals surface area (Å²) in [7, 11) is 0. The molecule has 0 aromatic rings. The normalized spacial score (nSPS) is 13.4. The zero-order valence-corrected chi connectivity index (χ0v) is 46.3. The SMILES string of the molecule is CC/C=C\C/C=C\C/C=C\C/C=C\C/C=C\C/C=C\C/C=C\C/C=C\C/C=C\CCCC(=O)OCC(COC(=O)CCCCCCC/C=C\CCCCCC)OC(=O)CC/C=C\C/C=C\C/C=C\C/C=C\CC. The van der Waals surface area contributed by atoms with Gasteiger partial charge in [-0.25, -0.2) is 0 Å². The van der Waals surface area contributed by atoms with Crippen LogP contribution in [0.3, 0.4) is 0 Å². The van der Waals surface area contributed by atoms with Gasteiger partial charge in [-0.15, -0.1) is 0 Å². The monoisotopic (exact) mass is 1000 g/mol. The minimum atomic E-state index is -0.851. The standard InChI is InChI=1S/C67H102O6/c1-4-7-10-13-16-19-22-25-26-27-28-29-30-31-32-33-34-35-36-37-38-39-40-43-45-48-51-54-57-60-66(69)72-63-64(73-67(70)61-58-55-52-49-46-42-24-21-18-15-12-9-6-3)62-71-65(68)59-56-53-50-47-44-41-23-20-17-14-11-8-5-2/h7,9-10,12,16,18-21,23,25-26,28-29,31-32,34-35,37-38,40,42-43,46,48,51-52,55,64H,4-6,8,11,13-15,17,22,24,27,30,33,36,39,41,44-45,47,49-50,53-54,56-63H2,1-3H3/b10-7-,12-9-,19-16-,21-18-,23-20-,26-25-,29-28-,32-31-,35-34-,38-37-,43-40-,46-42-,51-48-,55-52-. The minimum Gasteiger partial charge on any atom is -0.462 e. The molecule has 0 rings (SSSR count). The number of allylic oxidation sites excluding steroid dienone is 28. The van der Waals surface area contributed by atoms with E-state index >= 15 is 0 Å². The van der Waals surface area contributed by atoms with Gasteiger partial charge in [-0.1, -0.05) is 229 Å². The molecule has 6 nitrogen and oxygen atoms in total. The van der Waals surface area contributed by atoms with Gasteiger partial charge < -0.3 is 14.2 Å². The number of rotatable bonds is 49. The highest BCUT2D eigenvalue weighted by Crippen LogP contribution is 2.11. The van der Waals surface area contributed by atoms with Crippen LogP contribution in [0.1, 0.15) is 213 Å². The first-order valence-electron chi connectivity index (χ1n) is 28.6. The molecule has 0 aromatic carbocycles. The first-order valence-corrected chi connectivity index (χ1v) is 28.6. The van der Waals surface area contributed by atoms with E-state index in [1.54, 1.807) is 0 Å². The maximum absolute atomic E-state index is 12.8. The van der Waals surface area contributed by atoms with E-state index < -0.39 is 12.1 Å². The van der Waals surface area contributed by atoms with Gasteiger partial charge in [-0.3, -0.25) is 14.4 Å². The summed E-state index contributed by atoms with van der Waals surface area (Å²) in [5.74, 6) is -1.10. The predicted octanol–water partition coefficient (Wildman–Crippen LogP) is 19.5. The fraction of sp³-hybridized carbons (Fsp3) is 0.537. The van der Waals surface area contributed by atoms with Crippen molar-refractivity contribution >= 4 is 17.9 Å². The smallest absolute Gasteiger partial charge is 0.306 e. The van der Waals surface area contributed by atoms with E-state index in [-0.39, 0.29) is 38.0 Å². The molecule has 0 amide bonds. The number of carbonyl (C=O) groups excluding carboxylic acids is 3. The first kappa shape index (κ1) is 67.8. The summed E-state index contributed by atoms with van der Waals surface area (Å²) < 4.78 is 16.7. The van der Waals surface area contributed by atoms with E-state index in [1.807, 2.05) is 12.2 Å². The Bertz CT molecular complexity index is 1720. The van der Waals surface area contributed by atoms with Crippen LogP contribution in [0.15, 0.2) is 170 Å². The molecule has 0 fully saturated rings. The van der Waals surface area contributed by atoms with E-state index in [9.17, 15) is 14.4 Å². The molecule has 0 heterocycles. The average molecular weight is 1000 g/mol. The van der Waals surface area contributed by atoms with Crippen molar-refractivity contribution in [3.63, 3.8) is 0 Å². The number of hydrogen-bond donors (Lipinski definition) is 0. The molecular formula is C67H102O6. The first-order chi connectivity index (χ1) is 36.0. The van der Waals surface area contributed by atoms with Gasteiger partial charge in [0, 0.05) is 19.3 Å². The van der Waals surface area contributed by atoms with Crippen LogP contribution < -0.4 is 0 Å². The lowest BCUT2D eigenvalue weighted by Crippen LogP contribution is -2.30. The van der Waals surface area contributed by atoms with E-state index in [0.717, 1.165) is 122 Å². The Morgan fingerprint density at radius 3 is 0.959 bits per heavy atom. The highest BCUT2D eigenvalue weighted by atomic mass is 16.6. The number of carbonyl (C=O) groups is 3. The Morgan fingerprint density at radius 1 is 0.288 bits per heavy atom. The van der Waals surface area contributed by atoms with Crippen molar-refractivity contribution in [3.8, 4) is 0 Å². The molecule has 73 heavy (non-hydrogen) atoms. The van der Waals surface area contributed by atoms with Crippen molar-refractivity contribution < 1.29 is 28.6 Å². The topological polar surface area (TPSA) is 78.9 Å². The molecule has 0 radical (unpaired) electrons. The lowest BCUT2D eigenvalue weighted by Gasteiger charge is -2.18. The molecule has 0 saturated carbocycles. The molecule has 0 aromatic heterocycles. The Hall–Kier alpha value is -5.23. The molecule has 0 bridgehead atoms. The van der Waals surface area contributed by atoms with Gasteiger partial charge >= 0.3 is 17.9 Å². The molecular weight excluding hydrogens is 901 g/mol. The van der Waals surface area contributed by atoms with Crippen LogP contribution >= 0.6 is 0 Å². The second-order valence-electron chi connectivity index (χ2n) is 18.1. The van der Waals surface area contributed by atoms with Gasteiger partial charge in [0.1, 0.15) is 13.2 Å². The van der Waals surface area contributed by atoms with Crippen LogP contribution in [0.5, 0.6) is 0 Å². The minimum absolute atomic E-state index is 0.137. The number of esters is 3. The van der Waals surface area contributed by atoms with Crippen LogP contribution in [-0.4, -0.2) is 37.2 Å². The van der Waals surface area contributed by atoms with Crippen molar-refractivity contribution in [3.05, 3.63) is 170 Å². The highest BCUT2D eigenvalue weighted by Gasteiger charge is 2.19. The third-order valence-electron chi connectivity index (χ3n) is 11.2. The van der Waals surface area contributed by atoms with Crippen LogP contribution in [0.25, 0.3) is 0 Å². The summed E-state index contributed by atoms with van der Waals surface area (Å²) in [6, 6.07) is 0. The summed E-state index contributed by atoms with van der Waals surface area (Å²) in [5.41, 5.74) is 0. The van der Waals surface area contributed by atoms with Crippen molar-refractivity contribution in [2.45, 2.75) is 219 Å². The van der Waals surface area contributed by atoms with Gasteiger partial charge in [-0.05, 0) is 135 Å². The van der Waals surface area contributed by atoms with Gasteiger partial charge in [0.2, 0.25) is 0 Å². The number of hydrogen-bond acceptors (Lipinski definition) is 6. The number of unbranched alkanes of at least 4 members (excludes halogenated alkanes) is 10. The summed E-state index contributed by atoms with van der Waals surface area (Å²) in [4.78, 5) is 38.0. The zero-order valence-electron chi connectivity index (χ0n) is 46.3. The van der Waals surface area contributed by atoms with E-state index in [0.29, 0.717) is 19.3 Å². The molecule has 0 saturated heterocycles. The van der Waals surface area contributed by atoms with Crippen molar-refractivity contribution in [1.29, 1.82) is 0 Å². The van der Waals surface area contributed by atoms with Gasteiger partial charge in [0.05, 0.1) is 0 Å². The van der Waals surface area contributed by atoms with Crippen LogP contribution in [0.4, 0.5) is 0 Å². The third kappa shape index (κ3) is 57.5. The molecule has 0 aliphatic rings. The van der Waals surface area contributed by atoms with E-state index in [2.05, 4.69) is 179 Å². The summed E-state index contributed by atoms with van der Waals surface area (Å²) in [6.45, 7) is 6.25. The summed E-state index contributed by atoms with van der Waals surface area (Å²) >= 11 is 0. The third-order valence-corrected chi connectivity index (χ3v) is 11.2. The maximum Gasteiger partial charge on any atom is 0.306 e. The van der Waals surface area contributed by atoms with Crippen LogP contribution in [0, 0.1) is 0 Å². The lowest BCUT2D eigenvalue weighted by atomic mass is 10.1. The van der Waals surface area contributed by atoms with Gasteiger partial charge in [-0.2, -0.15) is 0 Å². The van der Waals surface area contributed by atoms with Crippen LogP contribution in [0.2, 0.25) is 0 Å². The zero-order chi connectivity index (χ0) is 52.9. The maximum atomic E-state index is 12.8. The van der Waals surface area contributed by atoms with Crippen molar-refractivity contribution in [2.75, 3.05) is 13.2 Å². The van der Waals surface area contributed by atoms with Crippen molar-refractivity contribution in [1.82, 2.24) is 0 Å². The second-order valence-corrected chi connectivity index (χ2v) is 18.1. The van der Waals surface area contributed by atoms with Gasteiger partial charge in [0.25, 0.3) is 0 Å². The molecule has 1 unspecified atom stereocenters. The Balaban J connectivity index is 4.49. The lowest BCUT2D eigenvalue weighted by molar-refractivity contribution is -0.166. The Morgan fingerprint density at radius 2 is 0.575 bits per heavy atom. The van der Waals surface area contributed by atoms with E-state index in [1.165, 1.54) is 38.5 Å². The second kappa shape index (κ2) is 59.3. The van der Waals surface area contributed by atoms with Crippen molar-refractivity contribution in [2.24, 2.45) is 0 Å². The Labute approximate surface area is 447 Å². The van der Waals surface area contributed by atoms with Crippen LogP contribution in [-0.2, 0) is 28.6 Å². The number of ether oxygens (including phenoxy) is 3. The molecule has 1 atom stereocenters.